The van der Waals surface area contributed by atoms with Crippen LogP contribution in [0.5, 0.6) is 0 Å². The first-order valence-electron chi connectivity index (χ1n) is 5.87. The van der Waals surface area contributed by atoms with Gasteiger partial charge in [0.05, 0.1) is 0 Å². The number of rotatable bonds is 2. The Hall–Kier alpha value is -2.11. The van der Waals surface area contributed by atoms with Gasteiger partial charge in [-0.25, -0.2) is 4.98 Å². The van der Waals surface area contributed by atoms with E-state index in [-0.39, 0.29) is 0 Å². The van der Waals surface area contributed by atoms with Crippen molar-refractivity contribution in [2.75, 3.05) is 10.6 Å². The molecule has 0 aliphatic heterocycles. The molecule has 0 saturated heterocycles. The molecule has 20 heavy (non-hydrogen) atoms. The summed E-state index contributed by atoms with van der Waals surface area (Å²) in [5, 5.41) is 7.34. The van der Waals surface area contributed by atoms with E-state index in [2.05, 4.69) is 15.6 Å². The van der Waals surface area contributed by atoms with Gasteiger partial charge in [0, 0.05) is 22.5 Å². The van der Waals surface area contributed by atoms with Crippen LogP contribution in [0.4, 0.5) is 11.4 Å². The molecule has 2 aromatic carbocycles. The summed E-state index contributed by atoms with van der Waals surface area (Å²) in [6.07, 6.45) is 1.42. The van der Waals surface area contributed by atoms with E-state index >= 15 is 0 Å². The number of hydrogen-bond acceptors (Lipinski definition) is 3. The SMILES string of the molecule is S=C(Nc1ccc(Cl)cc1)Nc1ccc2ncoc2c1. The highest BCUT2D eigenvalue weighted by Crippen LogP contribution is 2.18. The summed E-state index contributed by atoms with van der Waals surface area (Å²) in [4.78, 5) is 4.06. The second-order valence-electron chi connectivity index (χ2n) is 4.12. The number of nitrogens with zero attached hydrogens (tertiary/aromatic N) is 1. The maximum atomic E-state index is 5.83. The van der Waals surface area contributed by atoms with Crippen LogP contribution in [0.25, 0.3) is 11.1 Å². The number of anilines is 2. The van der Waals surface area contributed by atoms with Crippen LogP contribution in [0.15, 0.2) is 53.3 Å². The summed E-state index contributed by atoms with van der Waals surface area (Å²) in [5.74, 6) is 0. The maximum absolute atomic E-state index is 5.83. The summed E-state index contributed by atoms with van der Waals surface area (Å²) >= 11 is 11.1. The van der Waals surface area contributed by atoms with Gasteiger partial charge in [-0.1, -0.05) is 11.6 Å². The van der Waals surface area contributed by atoms with Gasteiger partial charge in [-0.3, -0.25) is 0 Å². The van der Waals surface area contributed by atoms with E-state index in [0.717, 1.165) is 16.9 Å². The molecule has 100 valence electrons. The van der Waals surface area contributed by atoms with E-state index in [4.69, 9.17) is 28.2 Å². The minimum Gasteiger partial charge on any atom is -0.443 e. The molecule has 0 spiro atoms. The zero-order chi connectivity index (χ0) is 13.9. The fourth-order valence-electron chi connectivity index (χ4n) is 1.76. The second-order valence-corrected chi connectivity index (χ2v) is 4.97. The van der Waals surface area contributed by atoms with Crippen LogP contribution in [-0.4, -0.2) is 10.1 Å². The van der Waals surface area contributed by atoms with Gasteiger partial charge in [-0.15, -0.1) is 0 Å². The predicted octanol–water partition coefficient (Wildman–Crippen LogP) is 4.29. The average Bonchev–Trinajstić information content (AvgIpc) is 2.89. The van der Waals surface area contributed by atoms with Gasteiger partial charge >= 0.3 is 0 Å². The molecule has 0 aliphatic rings. The number of benzene rings is 2. The monoisotopic (exact) mass is 303 g/mol. The average molecular weight is 304 g/mol. The van der Waals surface area contributed by atoms with Crippen molar-refractivity contribution in [2.24, 2.45) is 0 Å². The highest BCUT2D eigenvalue weighted by atomic mass is 35.5. The van der Waals surface area contributed by atoms with Gasteiger partial charge < -0.3 is 15.1 Å². The molecule has 0 fully saturated rings. The molecule has 3 rings (SSSR count). The number of hydrogen-bond donors (Lipinski definition) is 2. The van der Waals surface area contributed by atoms with Crippen LogP contribution in [0.1, 0.15) is 0 Å². The fraction of sp³-hybridized carbons (Fsp3) is 0. The zero-order valence-electron chi connectivity index (χ0n) is 10.3. The van der Waals surface area contributed by atoms with Crippen molar-refractivity contribution in [3.8, 4) is 0 Å². The smallest absolute Gasteiger partial charge is 0.181 e. The van der Waals surface area contributed by atoms with E-state index in [1.807, 2.05) is 30.3 Å². The molecule has 4 nitrogen and oxygen atoms in total. The van der Waals surface area contributed by atoms with Crippen LogP contribution in [0.3, 0.4) is 0 Å². The van der Waals surface area contributed by atoms with E-state index in [1.54, 1.807) is 12.1 Å². The number of thiocarbonyl (C=S) groups is 1. The molecule has 1 aromatic heterocycles. The van der Waals surface area contributed by atoms with Crippen molar-refractivity contribution in [2.45, 2.75) is 0 Å². The van der Waals surface area contributed by atoms with Gasteiger partial charge in [0.25, 0.3) is 0 Å². The van der Waals surface area contributed by atoms with Crippen molar-refractivity contribution < 1.29 is 4.42 Å². The number of aromatic nitrogens is 1. The van der Waals surface area contributed by atoms with Crippen molar-refractivity contribution in [3.63, 3.8) is 0 Å². The lowest BCUT2D eigenvalue weighted by Gasteiger charge is -2.10. The first-order chi connectivity index (χ1) is 9.70. The topological polar surface area (TPSA) is 50.1 Å². The summed E-state index contributed by atoms with van der Waals surface area (Å²) < 4.78 is 5.24. The van der Waals surface area contributed by atoms with Gasteiger partial charge in [0.1, 0.15) is 5.52 Å². The number of halogens is 1. The van der Waals surface area contributed by atoms with Gasteiger partial charge in [-0.05, 0) is 48.6 Å². The molecule has 0 amide bonds. The van der Waals surface area contributed by atoms with Crippen LogP contribution >= 0.6 is 23.8 Å². The Balaban J connectivity index is 1.70. The largest absolute Gasteiger partial charge is 0.443 e. The quantitative estimate of drug-likeness (QED) is 0.692. The molecule has 6 heteroatoms. The lowest BCUT2D eigenvalue weighted by molar-refractivity contribution is 0.602. The van der Waals surface area contributed by atoms with E-state index in [0.29, 0.717) is 15.7 Å². The summed E-state index contributed by atoms with van der Waals surface area (Å²) in [5.41, 5.74) is 3.23. The summed E-state index contributed by atoms with van der Waals surface area (Å²) in [7, 11) is 0. The minimum atomic E-state index is 0.492. The Morgan fingerprint density at radius 2 is 1.75 bits per heavy atom. The van der Waals surface area contributed by atoms with Crippen molar-refractivity contribution in [1.29, 1.82) is 0 Å². The molecular weight excluding hydrogens is 294 g/mol. The molecule has 3 aromatic rings. The molecule has 0 radical (unpaired) electrons. The van der Waals surface area contributed by atoms with Crippen molar-refractivity contribution >= 4 is 51.4 Å². The lowest BCUT2D eigenvalue weighted by atomic mass is 10.3. The Morgan fingerprint density at radius 1 is 1.05 bits per heavy atom. The number of fused-ring (bicyclic) bond motifs is 1. The molecule has 0 bridgehead atoms. The molecular formula is C14H10ClN3OS. The minimum absolute atomic E-state index is 0.492. The molecule has 0 atom stereocenters. The summed E-state index contributed by atoms with van der Waals surface area (Å²) in [6.45, 7) is 0. The van der Waals surface area contributed by atoms with Gasteiger partial charge in [0.15, 0.2) is 17.1 Å². The molecule has 0 unspecified atom stereocenters. The standard InChI is InChI=1S/C14H10ClN3OS/c15-9-1-3-10(4-2-9)17-14(20)18-11-5-6-12-13(7-11)19-8-16-12/h1-8H,(H2,17,18,20). The molecule has 1 heterocycles. The highest BCUT2D eigenvalue weighted by Gasteiger charge is 2.02. The predicted molar refractivity (Wildman–Crippen MR) is 85.3 cm³/mol. The van der Waals surface area contributed by atoms with Crippen LogP contribution in [-0.2, 0) is 0 Å². The first-order valence-corrected chi connectivity index (χ1v) is 6.66. The Bertz CT molecular complexity index is 754. The molecule has 0 aliphatic carbocycles. The third kappa shape index (κ3) is 2.89. The highest BCUT2D eigenvalue weighted by molar-refractivity contribution is 7.80. The Morgan fingerprint density at radius 3 is 2.55 bits per heavy atom. The fourth-order valence-corrected chi connectivity index (χ4v) is 2.12. The Kier molecular flexibility index (Phi) is 3.54. The zero-order valence-corrected chi connectivity index (χ0v) is 11.8. The molecule has 2 N–H and O–H groups in total. The maximum Gasteiger partial charge on any atom is 0.181 e. The van der Waals surface area contributed by atoms with E-state index < -0.39 is 0 Å². The van der Waals surface area contributed by atoms with Crippen LogP contribution < -0.4 is 10.6 Å². The van der Waals surface area contributed by atoms with Crippen LogP contribution in [0.2, 0.25) is 5.02 Å². The third-order valence-corrected chi connectivity index (χ3v) is 3.15. The second kappa shape index (κ2) is 5.48. The number of oxazole rings is 1. The van der Waals surface area contributed by atoms with Gasteiger partial charge in [0.2, 0.25) is 0 Å². The Labute approximate surface area is 125 Å². The van der Waals surface area contributed by atoms with Crippen molar-refractivity contribution in [1.82, 2.24) is 4.98 Å². The van der Waals surface area contributed by atoms with Crippen molar-refractivity contribution in [3.05, 3.63) is 53.9 Å². The first kappa shape index (κ1) is 12.9. The number of nitrogens with one attached hydrogen (secondary N) is 2. The molecule has 0 saturated carbocycles. The van der Waals surface area contributed by atoms with E-state index in [1.165, 1.54) is 6.39 Å². The third-order valence-electron chi connectivity index (χ3n) is 2.69. The normalized spacial score (nSPS) is 10.4. The van der Waals surface area contributed by atoms with Gasteiger partial charge in [-0.2, -0.15) is 0 Å². The summed E-state index contributed by atoms with van der Waals surface area (Å²) in [6, 6.07) is 12.9. The van der Waals surface area contributed by atoms with E-state index in [9.17, 15) is 0 Å². The lowest BCUT2D eigenvalue weighted by Crippen LogP contribution is -2.18. The van der Waals surface area contributed by atoms with Crippen LogP contribution in [0, 0.1) is 0 Å².